The number of hydrogen-bond acceptors (Lipinski definition) is 6. The maximum absolute atomic E-state index is 12.1. The van der Waals surface area contributed by atoms with Gasteiger partial charge in [-0.1, -0.05) is 6.58 Å². The first-order valence-corrected chi connectivity index (χ1v) is 10.6. The van der Waals surface area contributed by atoms with E-state index in [1.807, 2.05) is 31.1 Å². The molecule has 0 aliphatic carbocycles. The molecule has 3 heterocycles. The van der Waals surface area contributed by atoms with Crippen LogP contribution in [0.1, 0.15) is 16.1 Å². The van der Waals surface area contributed by atoms with Crippen LogP contribution in [-0.2, 0) is 11.2 Å². The quantitative estimate of drug-likeness (QED) is 0.459. The van der Waals surface area contributed by atoms with Gasteiger partial charge in [-0.3, -0.25) is 9.59 Å². The van der Waals surface area contributed by atoms with E-state index in [1.54, 1.807) is 24.4 Å². The first-order valence-electron chi connectivity index (χ1n) is 10.6. The van der Waals surface area contributed by atoms with Gasteiger partial charge in [-0.2, -0.15) is 0 Å². The first kappa shape index (κ1) is 22.2. The highest BCUT2D eigenvalue weighted by Gasteiger charge is 2.20. The summed E-state index contributed by atoms with van der Waals surface area (Å²) < 4.78 is 5.86. The molecule has 4 rings (SSSR count). The van der Waals surface area contributed by atoms with Crippen molar-refractivity contribution >= 4 is 17.5 Å². The third-order valence-corrected chi connectivity index (χ3v) is 5.21. The van der Waals surface area contributed by atoms with Crippen LogP contribution in [0, 0.1) is 0 Å². The minimum atomic E-state index is -0.338. The second-order valence-corrected chi connectivity index (χ2v) is 7.90. The van der Waals surface area contributed by atoms with Crippen LogP contribution < -0.4 is 15.4 Å². The number of aromatic amines is 1. The van der Waals surface area contributed by atoms with Gasteiger partial charge in [-0.15, -0.1) is 0 Å². The molecule has 0 radical (unpaired) electrons. The molecule has 3 aromatic rings. The number of fused-ring (bicyclic) bond motifs is 1. The van der Waals surface area contributed by atoms with Crippen LogP contribution in [0.25, 0.3) is 22.8 Å². The molecule has 0 bridgehead atoms. The highest BCUT2D eigenvalue weighted by atomic mass is 16.5. The summed E-state index contributed by atoms with van der Waals surface area (Å²) >= 11 is 0. The van der Waals surface area contributed by atoms with Crippen molar-refractivity contribution in [3.05, 3.63) is 60.4 Å². The molecule has 0 spiro atoms. The molecule has 0 fully saturated rings. The lowest BCUT2D eigenvalue weighted by Crippen LogP contribution is -2.31. The maximum atomic E-state index is 12.1. The Labute approximate surface area is 191 Å². The molecule has 2 amide bonds. The maximum Gasteiger partial charge on any atom is 0.253 e. The second-order valence-electron chi connectivity index (χ2n) is 7.90. The minimum absolute atomic E-state index is 0.0829. The van der Waals surface area contributed by atoms with E-state index in [4.69, 9.17) is 4.74 Å². The zero-order chi connectivity index (χ0) is 23.4. The predicted molar refractivity (Wildman–Crippen MR) is 126 cm³/mol. The molecule has 0 saturated heterocycles. The molecule has 9 heteroatoms. The number of nitrogens with zero attached hydrogens (tertiary/aromatic N) is 3. The smallest absolute Gasteiger partial charge is 0.253 e. The van der Waals surface area contributed by atoms with Crippen LogP contribution in [0.2, 0.25) is 0 Å². The Morgan fingerprint density at radius 2 is 2.15 bits per heavy atom. The third-order valence-electron chi connectivity index (χ3n) is 5.21. The lowest BCUT2D eigenvalue weighted by atomic mass is 10.1. The van der Waals surface area contributed by atoms with Gasteiger partial charge >= 0.3 is 0 Å². The van der Waals surface area contributed by atoms with Crippen molar-refractivity contribution in [3.63, 3.8) is 0 Å². The summed E-state index contributed by atoms with van der Waals surface area (Å²) in [4.78, 5) is 38.5. The molecule has 1 aliphatic rings. The number of rotatable bonds is 8. The van der Waals surface area contributed by atoms with Crippen LogP contribution >= 0.6 is 0 Å². The third kappa shape index (κ3) is 5.09. The van der Waals surface area contributed by atoms with E-state index in [0.29, 0.717) is 47.2 Å². The molecule has 0 saturated carbocycles. The highest BCUT2D eigenvalue weighted by Crippen LogP contribution is 2.31. The van der Waals surface area contributed by atoms with Crippen molar-refractivity contribution in [1.29, 1.82) is 0 Å². The normalized spacial score (nSPS) is 12.8. The van der Waals surface area contributed by atoms with Crippen molar-refractivity contribution < 1.29 is 14.3 Å². The van der Waals surface area contributed by atoms with Crippen LogP contribution in [0.4, 0.5) is 5.69 Å². The largest absolute Gasteiger partial charge is 0.490 e. The van der Waals surface area contributed by atoms with E-state index in [1.165, 1.54) is 6.08 Å². The van der Waals surface area contributed by atoms with E-state index in [2.05, 4.69) is 32.2 Å². The van der Waals surface area contributed by atoms with Crippen molar-refractivity contribution in [2.75, 3.05) is 39.1 Å². The van der Waals surface area contributed by atoms with Gasteiger partial charge in [-0.25, -0.2) is 9.97 Å². The summed E-state index contributed by atoms with van der Waals surface area (Å²) in [6, 6.07) is 9.02. The fourth-order valence-corrected chi connectivity index (χ4v) is 3.49. The number of aromatic nitrogens is 3. The lowest BCUT2D eigenvalue weighted by Gasteiger charge is -2.15. The molecule has 33 heavy (non-hydrogen) atoms. The summed E-state index contributed by atoms with van der Waals surface area (Å²) in [5, 5.41) is 5.64. The van der Waals surface area contributed by atoms with E-state index < -0.39 is 0 Å². The molecule has 0 unspecified atom stereocenters. The Balaban J connectivity index is 1.64. The molecule has 0 atom stereocenters. The van der Waals surface area contributed by atoms with Crippen LogP contribution in [-0.4, -0.2) is 65.5 Å². The summed E-state index contributed by atoms with van der Waals surface area (Å²) in [6.45, 7) is 5.34. The van der Waals surface area contributed by atoms with Gasteiger partial charge in [0, 0.05) is 37.0 Å². The van der Waals surface area contributed by atoms with Gasteiger partial charge in [0.05, 0.1) is 22.6 Å². The standard InChI is InChI=1S/C24H26N6O3/c1-4-22(31)28-20-13-15(5-6-21(20)33-12-11-30(2)3)23-25-9-8-18(29-23)19-14-16-17(27-19)7-10-26-24(16)32/h4-6,8-9,13-14,27H,1,7,10-12H2,2-3H3,(H,26,32)(H,28,31). The summed E-state index contributed by atoms with van der Waals surface area (Å²) in [6.07, 6.45) is 3.62. The summed E-state index contributed by atoms with van der Waals surface area (Å²) in [5.74, 6) is 0.614. The van der Waals surface area contributed by atoms with Crippen LogP contribution in [0.15, 0.2) is 49.2 Å². The zero-order valence-corrected chi connectivity index (χ0v) is 18.6. The van der Waals surface area contributed by atoms with Gasteiger partial charge in [0.2, 0.25) is 5.91 Å². The molecule has 1 aliphatic heterocycles. The first-order chi connectivity index (χ1) is 15.9. The summed E-state index contributed by atoms with van der Waals surface area (Å²) in [7, 11) is 3.92. The van der Waals surface area contributed by atoms with E-state index in [-0.39, 0.29) is 11.8 Å². The Hall–Kier alpha value is -3.98. The molecule has 1 aromatic carbocycles. The predicted octanol–water partition coefficient (Wildman–Crippen LogP) is 2.49. The van der Waals surface area contributed by atoms with Gasteiger partial charge in [0.25, 0.3) is 5.91 Å². The second kappa shape index (κ2) is 9.66. The van der Waals surface area contributed by atoms with Crippen molar-refractivity contribution in [2.45, 2.75) is 6.42 Å². The van der Waals surface area contributed by atoms with Crippen LogP contribution in [0.3, 0.4) is 0 Å². The van der Waals surface area contributed by atoms with Gasteiger partial charge in [0.15, 0.2) is 5.82 Å². The number of nitrogens with one attached hydrogen (secondary N) is 3. The number of hydrogen-bond donors (Lipinski definition) is 3. The Morgan fingerprint density at radius 1 is 1.30 bits per heavy atom. The highest BCUT2D eigenvalue weighted by molar-refractivity contribution is 6.00. The number of likely N-dealkylation sites (N-methyl/N-ethyl adjacent to an activating group) is 1. The lowest BCUT2D eigenvalue weighted by molar-refractivity contribution is -0.111. The van der Waals surface area contributed by atoms with Crippen molar-refractivity contribution in [1.82, 2.24) is 25.2 Å². The average molecular weight is 447 g/mol. The molecule has 170 valence electrons. The van der Waals surface area contributed by atoms with E-state index in [9.17, 15) is 9.59 Å². The SMILES string of the molecule is C=CC(=O)Nc1cc(-c2nccc(-c3cc4c([nH]3)CCNC4=O)n2)ccc1OCCN(C)C. The van der Waals surface area contributed by atoms with Gasteiger partial charge in [-0.05, 0) is 50.5 Å². The Bertz CT molecular complexity index is 1200. The Morgan fingerprint density at radius 3 is 2.91 bits per heavy atom. The number of benzene rings is 1. The van der Waals surface area contributed by atoms with Crippen molar-refractivity contribution in [2.24, 2.45) is 0 Å². The molecular formula is C24H26N6O3. The topological polar surface area (TPSA) is 112 Å². The monoisotopic (exact) mass is 446 g/mol. The molecule has 3 N–H and O–H groups in total. The average Bonchev–Trinajstić information content (AvgIpc) is 3.26. The number of carbonyl (C=O) groups excluding carboxylic acids is 2. The summed E-state index contributed by atoms with van der Waals surface area (Å²) in [5.41, 5.74) is 4.20. The number of H-pyrrole nitrogens is 1. The molecular weight excluding hydrogens is 420 g/mol. The number of amides is 2. The number of anilines is 1. The fourth-order valence-electron chi connectivity index (χ4n) is 3.49. The number of carbonyl (C=O) groups is 2. The van der Waals surface area contributed by atoms with Crippen LogP contribution in [0.5, 0.6) is 5.75 Å². The molecule has 2 aromatic heterocycles. The van der Waals surface area contributed by atoms with Gasteiger partial charge in [0.1, 0.15) is 12.4 Å². The fraction of sp³-hybridized carbons (Fsp3) is 0.250. The number of ether oxygens (including phenoxy) is 1. The molecule has 9 nitrogen and oxygen atoms in total. The van der Waals surface area contributed by atoms with E-state index in [0.717, 1.165) is 24.4 Å². The zero-order valence-electron chi connectivity index (χ0n) is 18.6. The van der Waals surface area contributed by atoms with Gasteiger partial charge < -0.3 is 25.3 Å². The Kier molecular flexibility index (Phi) is 6.50. The van der Waals surface area contributed by atoms with E-state index >= 15 is 0 Å². The minimum Gasteiger partial charge on any atom is -0.490 e. The van der Waals surface area contributed by atoms with Crippen molar-refractivity contribution in [3.8, 4) is 28.5 Å².